The molecule has 22 heavy (non-hydrogen) atoms. The Labute approximate surface area is 133 Å². The number of aromatic nitrogens is 1. The molecule has 0 fully saturated rings. The molecule has 1 aromatic heterocycles. The van der Waals surface area contributed by atoms with E-state index in [0.717, 1.165) is 22.6 Å². The second-order valence-corrected chi connectivity index (χ2v) is 6.18. The van der Waals surface area contributed by atoms with Crippen LogP contribution in [0.25, 0.3) is 11.1 Å². The summed E-state index contributed by atoms with van der Waals surface area (Å²) in [7, 11) is 3.78. The molecule has 2 aromatic rings. The van der Waals surface area contributed by atoms with Crippen LogP contribution in [0, 0.1) is 0 Å². The van der Waals surface area contributed by atoms with Gasteiger partial charge in [-0.25, -0.2) is 4.57 Å². The van der Waals surface area contributed by atoms with Gasteiger partial charge in [-0.1, -0.05) is 26.0 Å². The highest BCUT2D eigenvalue weighted by Crippen LogP contribution is 2.36. The Morgan fingerprint density at radius 3 is 2.36 bits per heavy atom. The zero-order chi connectivity index (χ0) is 16.3. The number of hydrogen-bond donors (Lipinski definition) is 0. The zero-order valence-corrected chi connectivity index (χ0v) is 14.4. The van der Waals surface area contributed by atoms with Gasteiger partial charge in [0.15, 0.2) is 12.4 Å². The Hall–Kier alpha value is -2.03. The fourth-order valence-corrected chi connectivity index (χ4v) is 2.59. The van der Waals surface area contributed by atoms with Crippen molar-refractivity contribution < 1.29 is 14.0 Å². The number of ether oxygens (including phenoxy) is 2. The number of hydrogen-bond acceptors (Lipinski definition) is 2. The van der Waals surface area contributed by atoms with Gasteiger partial charge in [0.25, 0.3) is 0 Å². The molecular weight excluding hydrogens is 274 g/mol. The predicted octanol–water partition coefficient (Wildman–Crippen LogP) is 4.10. The second-order valence-electron chi connectivity index (χ2n) is 6.18. The van der Waals surface area contributed by atoms with Crippen molar-refractivity contribution in [1.29, 1.82) is 0 Å². The average molecular weight is 300 g/mol. The molecule has 1 heterocycles. The Morgan fingerprint density at radius 2 is 1.77 bits per heavy atom. The van der Waals surface area contributed by atoms with Crippen molar-refractivity contribution in [2.24, 2.45) is 7.05 Å². The fraction of sp³-hybridized carbons (Fsp3) is 0.421. The van der Waals surface area contributed by atoms with E-state index in [1.54, 1.807) is 7.11 Å². The van der Waals surface area contributed by atoms with Crippen molar-refractivity contribution in [2.75, 3.05) is 7.11 Å². The van der Waals surface area contributed by atoms with E-state index in [1.807, 2.05) is 33.0 Å². The van der Waals surface area contributed by atoms with Crippen LogP contribution in [0.4, 0.5) is 0 Å². The molecule has 0 radical (unpaired) electrons. The molecule has 0 aliphatic rings. The van der Waals surface area contributed by atoms with Crippen LogP contribution < -0.4 is 14.0 Å². The maximum Gasteiger partial charge on any atom is 0.180 e. The lowest BCUT2D eigenvalue weighted by Crippen LogP contribution is -2.28. The average Bonchev–Trinajstić information content (AvgIpc) is 2.45. The minimum Gasteiger partial charge on any atom is -0.495 e. The SMILES string of the molecule is COc1c(-c2cccc(OC(C)C)c2)c[n+](C)cc1C(C)C. The lowest BCUT2D eigenvalue weighted by Gasteiger charge is -2.15. The predicted molar refractivity (Wildman–Crippen MR) is 89.5 cm³/mol. The monoisotopic (exact) mass is 300 g/mol. The summed E-state index contributed by atoms with van der Waals surface area (Å²) in [4.78, 5) is 0. The van der Waals surface area contributed by atoms with E-state index in [-0.39, 0.29) is 6.10 Å². The molecule has 0 aliphatic carbocycles. The van der Waals surface area contributed by atoms with Gasteiger partial charge < -0.3 is 9.47 Å². The molecule has 2 rings (SSSR count). The van der Waals surface area contributed by atoms with Gasteiger partial charge in [0.1, 0.15) is 18.5 Å². The van der Waals surface area contributed by atoms with Gasteiger partial charge in [-0.05, 0) is 37.5 Å². The summed E-state index contributed by atoms with van der Waals surface area (Å²) >= 11 is 0. The summed E-state index contributed by atoms with van der Waals surface area (Å²) in [6.07, 6.45) is 4.39. The number of nitrogens with zero attached hydrogens (tertiary/aromatic N) is 1. The highest BCUT2D eigenvalue weighted by Gasteiger charge is 2.19. The largest absolute Gasteiger partial charge is 0.495 e. The lowest BCUT2D eigenvalue weighted by molar-refractivity contribution is -0.671. The molecule has 0 spiro atoms. The smallest absolute Gasteiger partial charge is 0.180 e. The van der Waals surface area contributed by atoms with Gasteiger partial charge in [-0.15, -0.1) is 0 Å². The molecule has 0 amide bonds. The molecule has 118 valence electrons. The first kappa shape index (κ1) is 16.3. The van der Waals surface area contributed by atoms with E-state index >= 15 is 0 Å². The van der Waals surface area contributed by atoms with Crippen LogP contribution in [-0.4, -0.2) is 13.2 Å². The Bertz CT molecular complexity index is 648. The third-order valence-electron chi connectivity index (χ3n) is 3.53. The van der Waals surface area contributed by atoms with E-state index < -0.39 is 0 Å². The summed E-state index contributed by atoms with van der Waals surface area (Å²) in [5.74, 6) is 2.22. The number of benzene rings is 1. The van der Waals surface area contributed by atoms with E-state index in [2.05, 4.69) is 42.9 Å². The number of pyridine rings is 1. The van der Waals surface area contributed by atoms with Crippen molar-refractivity contribution in [3.05, 3.63) is 42.2 Å². The number of aryl methyl sites for hydroxylation is 1. The Kier molecular flexibility index (Phi) is 5.07. The summed E-state index contributed by atoms with van der Waals surface area (Å²) in [6, 6.07) is 8.17. The molecule has 0 N–H and O–H groups in total. The lowest BCUT2D eigenvalue weighted by atomic mass is 9.98. The summed E-state index contributed by atoms with van der Waals surface area (Å²) < 4.78 is 13.6. The minimum absolute atomic E-state index is 0.162. The first-order valence-electron chi connectivity index (χ1n) is 7.76. The number of methoxy groups -OCH3 is 1. The summed E-state index contributed by atoms with van der Waals surface area (Å²) in [6.45, 7) is 8.43. The first-order chi connectivity index (χ1) is 10.4. The van der Waals surface area contributed by atoms with Crippen LogP contribution in [0.2, 0.25) is 0 Å². The van der Waals surface area contributed by atoms with E-state index in [0.29, 0.717) is 5.92 Å². The van der Waals surface area contributed by atoms with Crippen LogP contribution in [-0.2, 0) is 7.05 Å². The molecule has 1 aromatic carbocycles. The second kappa shape index (κ2) is 6.82. The van der Waals surface area contributed by atoms with E-state index in [9.17, 15) is 0 Å². The molecule has 0 saturated carbocycles. The third-order valence-corrected chi connectivity index (χ3v) is 3.53. The topological polar surface area (TPSA) is 22.3 Å². The van der Waals surface area contributed by atoms with Crippen molar-refractivity contribution in [2.45, 2.75) is 39.7 Å². The van der Waals surface area contributed by atoms with Crippen LogP contribution in [0.1, 0.15) is 39.2 Å². The summed E-state index contributed by atoms with van der Waals surface area (Å²) in [5, 5.41) is 0. The minimum atomic E-state index is 0.162. The van der Waals surface area contributed by atoms with Gasteiger partial charge in [0, 0.05) is 0 Å². The maximum atomic E-state index is 5.81. The van der Waals surface area contributed by atoms with Crippen molar-refractivity contribution in [3.8, 4) is 22.6 Å². The molecule has 3 nitrogen and oxygen atoms in total. The molecule has 3 heteroatoms. The van der Waals surface area contributed by atoms with Gasteiger partial charge in [0.2, 0.25) is 0 Å². The van der Waals surface area contributed by atoms with Crippen molar-refractivity contribution in [3.63, 3.8) is 0 Å². The Balaban J connectivity index is 2.56. The molecule has 0 saturated heterocycles. The molecule has 0 atom stereocenters. The normalized spacial score (nSPS) is 11.1. The highest BCUT2D eigenvalue weighted by atomic mass is 16.5. The van der Waals surface area contributed by atoms with E-state index in [4.69, 9.17) is 9.47 Å². The van der Waals surface area contributed by atoms with Crippen LogP contribution in [0.3, 0.4) is 0 Å². The van der Waals surface area contributed by atoms with Crippen LogP contribution in [0.5, 0.6) is 11.5 Å². The Morgan fingerprint density at radius 1 is 1.05 bits per heavy atom. The molecule has 0 aliphatic heterocycles. The van der Waals surface area contributed by atoms with Crippen molar-refractivity contribution >= 4 is 0 Å². The number of rotatable bonds is 5. The summed E-state index contributed by atoms with van der Waals surface area (Å²) in [5.41, 5.74) is 3.40. The zero-order valence-electron chi connectivity index (χ0n) is 14.4. The maximum absolute atomic E-state index is 5.81. The van der Waals surface area contributed by atoms with Gasteiger partial charge in [-0.3, -0.25) is 0 Å². The van der Waals surface area contributed by atoms with Crippen LogP contribution in [0.15, 0.2) is 36.7 Å². The third kappa shape index (κ3) is 3.59. The van der Waals surface area contributed by atoms with Gasteiger partial charge in [0.05, 0.1) is 24.3 Å². The first-order valence-corrected chi connectivity index (χ1v) is 7.76. The van der Waals surface area contributed by atoms with Crippen molar-refractivity contribution in [1.82, 2.24) is 0 Å². The van der Waals surface area contributed by atoms with E-state index in [1.165, 1.54) is 5.56 Å². The van der Waals surface area contributed by atoms with Crippen LogP contribution >= 0.6 is 0 Å². The molecular formula is C19H26NO2+. The van der Waals surface area contributed by atoms with Gasteiger partial charge in [-0.2, -0.15) is 0 Å². The highest BCUT2D eigenvalue weighted by molar-refractivity contribution is 5.71. The standard InChI is InChI=1S/C19H26NO2/c1-13(2)17-11-20(5)12-18(19(17)21-6)15-8-7-9-16(10-15)22-14(3)4/h7-14H,1-6H3/q+1. The fourth-order valence-electron chi connectivity index (χ4n) is 2.59. The van der Waals surface area contributed by atoms with Gasteiger partial charge >= 0.3 is 0 Å². The quantitative estimate of drug-likeness (QED) is 0.776. The molecule has 0 unspecified atom stereocenters. The molecule has 0 bridgehead atoms.